The molecule has 2 rings (SSSR count). The van der Waals surface area contributed by atoms with Crippen LogP contribution >= 0.6 is 0 Å². The number of hydrogen-bond donors (Lipinski definition) is 2. The quantitative estimate of drug-likeness (QED) is 0.613. The Morgan fingerprint density at radius 3 is 2.94 bits per heavy atom. The van der Waals surface area contributed by atoms with E-state index in [4.69, 9.17) is 5.84 Å². The van der Waals surface area contributed by atoms with Gasteiger partial charge in [0.15, 0.2) is 0 Å². The Kier molecular flexibility index (Phi) is 3.69. The highest BCUT2D eigenvalue weighted by Crippen LogP contribution is 2.23. The lowest BCUT2D eigenvalue weighted by atomic mass is 10.00. The van der Waals surface area contributed by atoms with Gasteiger partial charge in [0.05, 0.1) is 5.69 Å². The highest BCUT2D eigenvalue weighted by atomic mass is 15.4. The number of aromatic nitrogens is 2. The van der Waals surface area contributed by atoms with Gasteiger partial charge in [-0.2, -0.15) is 5.10 Å². The van der Waals surface area contributed by atoms with Gasteiger partial charge in [0.1, 0.15) is 5.82 Å². The zero-order valence-electron chi connectivity index (χ0n) is 11.0. The molecule has 1 saturated heterocycles. The van der Waals surface area contributed by atoms with Gasteiger partial charge < -0.3 is 5.43 Å². The van der Waals surface area contributed by atoms with Gasteiger partial charge in [0.25, 0.3) is 0 Å². The van der Waals surface area contributed by atoms with Crippen LogP contribution in [0.4, 0.5) is 5.82 Å². The average molecular weight is 237 g/mol. The fraction of sp³-hybridized carbons (Fsp3) is 0.750. The number of nitrogens with zero attached hydrogens (tertiary/aromatic N) is 3. The van der Waals surface area contributed by atoms with Crippen LogP contribution in [0.25, 0.3) is 0 Å². The van der Waals surface area contributed by atoms with E-state index < -0.39 is 0 Å². The van der Waals surface area contributed by atoms with E-state index in [-0.39, 0.29) is 0 Å². The minimum absolute atomic E-state index is 0.801. The summed E-state index contributed by atoms with van der Waals surface area (Å²) in [5.74, 6) is 7.30. The van der Waals surface area contributed by atoms with Crippen molar-refractivity contribution in [2.45, 2.75) is 33.2 Å². The second kappa shape index (κ2) is 5.06. The average Bonchev–Trinajstić information content (AvgIpc) is 2.53. The standard InChI is InChI=1S/C12H23N5/c1-9-5-4-6-17(7-9)8-11-10(2)15-16(3)12(11)14-13/h9,14H,4-8,13H2,1-3H3. The van der Waals surface area contributed by atoms with Crippen molar-refractivity contribution in [2.24, 2.45) is 18.8 Å². The lowest BCUT2D eigenvalue weighted by Crippen LogP contribution is -2.34. The molecule has 0 radical (unpaired) electrons. The van der Waals surface area contributed by atoms with Crippen molar-refractivity contribution in [1.29, 1.82) is 0 Å². The summed E-state index contributed by atoms with van der Waals surface area (Å²) < 4.78 is 1.82. The minimum atomic E-state index is 0.801. The van der Waals surface area contributed by atoms with Crippen molar-refractivity contribution >= 4 is 5.82 Å². The molecule has 17 heavy (non-hydrogen) atoms. The lowest BCUT2D eigenvalue weighted by molar-refractivity contribution is 0.176. The summed E-state index contributed by atoms with van der Waals surface area (Å²) in [5.41, 5.74) is 5.05. The third-order valence-electron chi connectivity index (χ3n) is 3.61. The van der Waals surface area contributed by atoms with Crippen LogP contribution in [0.2, 0.25) is 0 Å². The summed E-state index contributed by atoms with van der Waals surface area (Å²) in [6.45, 7) is 7.68. The maximum absolute atomic E-state index is 5.57. The number of aryl methyl sites for hydroxylation is 2. The number of nitrogens with two attached hydrogens (primary N) is 1. The number of rotatable bonds is 3. The van der Waals surface area contributed by atoms with Crippen LogP contribution in [0.5, 0.6) is 0 Å². The molecule has 1 unspecified atom stereocenters. The van der Waals surface area contributed by atoms with Crippen molar-refractivity contribution in [1.82, 2.24) is 14.7 Å². The molecule has 1 aromatic heterocycles. The molecule has 0 spiro atoms. The van der Waals surface area contributed by atoms with E-state index in [0.717, 1.165) is 24.0 Å². The minimum Gasteiger partial charge on any atom is -0.308 e. The number of likely N-dealkylation sites (tertiary alicyclic amines) is 1. The number of nitrogen functional groups attached to an aromatic ring is 1. The van der Waals surface area contributed by atoms with E-state index in [0.29, 0.717) is 0 Å². The molecule has 1 aliphatic heterocycles. The Bertz CT molecular complexity index is 384. The van der Waals surface area contributed by atoms with Gasteiger partial charge >= 0.3 is 0 Å². The van der Waals surface area contributed by atoms with Crippen molar-refractivity contribution in [3.05, 3.63) is 11.3 Å². The Morgan fingerprint density at radius 2 is 2.29 bits per heavy atom. The normalized spacial score (nSPS) is 21.8. The molecule has 0 bridgehead atoms. The molecule has 1 fully saturated rings. The first-order valence-corrected chi connectivity index (χ1v) is 6.33. The molecule has 0 saturated carbocycles. The van der Waals surface area contributed by atoms with E-state index in [2.05, 4.69) is 22.3 Å². The molecule has 0 aromatic carbocycles. The molecule has 0 amide bonds. The van der Waals surface area contributed by atoms with Gasteiger partial charge in [-0.25, -0.2) is 5.84 Å². The van der Waals surface area contributed by atoms with E-state index >= 15 is 0 Å². The van der Waals surface area contributed by atoms with E-state index in [9.17, 15) is 0 Å². The van der Waals surface area contributed by atoms with E-state index in [1.54, 1.807) is 0 Å². The highest BCUT2D eigenvalue weighted by molar-refractivity contribution is 5.46. The second-order valence-electron chi connectivity index (χ2n) is 5.16. The lowest BCUT2D eigenvalue weighted by Gasteiger charge is -2.30. The highest BCUT2D eigenvalue weighted by Gasteiger charge is 2.20. The van der Waals surface area contributed by atoms with Gasteiger partial charge in [-0.15, -0.1) is 0 Å². The summed E-state index contributed by atoms with van der Waals surface area (Å²) in [4.78, 5) is 2.50. The first kappa shape index (κ1) is 12.4. The summed E-state index contributed by atoms with van der Waals surface area (Å²) in [6.07, 6.45) is 2.65. The molecule has 5 heteroatoms. The first-order chi connectivity index (χ1) is 8.11. The van der Waals surface area contributed by atoms with Crippen molar-refractivity contribution in [3.63, 3.8) is 0 Å². The zero-order chi connectivity index (χ0) is 12.4. The molecule has 1 atom stereocenters. The summed E-state index contributed by atoms with van der Waals surface area (Å²) in [5, 5.41) is 4.41. The topological polar surface area (TPSA) is 59.1 Å². The Hall–Kier alpha value is -1.07. The van der Waals surface area contributed by atoms with Gasteiger partial charge in [0.2, 0.25) is 0 Å². The van der Waals surface area contributed by atoms with Crippen LogP contribution in [0.15, 0.2) is 0 Å². The number of piperidine rings is 1. The first-order valence-electron chi connectivity index (χ1n) is 6.33. The Morgan fingerprint density at radius 1 is 1.53 bits per heavy atom. The summed E-state index contributed by atoms with van der Waals surface area (Å²) in [6, 6.07) is 0. The number of hydrazine groups is 1. The van der Waals surface area contributed by atoms with Crippen LogP contribution < -0.4 is 11.3 Å². The molecule has 5 nitrogen and oxygen atoms in total. The molecule has 3 N–H and O–H groups in total. The summed E-state index contributed by atoms with van der Waals surface area (Å²) in [7, 11) is 1.92. The van der Waals surface area contributed by atoms with E-state index in [1.165, 1.54) is 31.5 Å². The van der Waals surface area contributed by atoms with Crippen LogP contribution in [-0.2, 0) is 13.6 Å². The SMILES string of the molecule is Cc1nn(C)c(NN)c1CN1CCCC(C)C1. The van der Waals surface area contributed by atoms with Gasteiger partial charge in [-0.3, -0.25) is 9.58 Å². The molecular weight excluding hydrogens is 214 g/mol. The van der Waals surface area contributed by atoms with Crippen LogP contribution in [0.3, 0.4) is 0 Å². The van der Waals surface area contributed by atoms with Crippen molar-refractivity contribution in [3.8, 4) is 0 Å². The second-order valence-corrected chi connectivity index (χ2v) is 5.16. The Balaban J connectivity index is 2.12. The maximum Gasteiger partial charge on any atom is 0.142 e. The van der Waals surface area contributed by atoms with Gasteiger partial charge in [-0.1, -0.05) is 6.92 Å². The van der Waals surface area contributed by atoms with Crippen LogP contribution in [-0.4, -0.2) is 27.8 Å². The van der Waals surface area contributed by atoms with E-state index in [1.807, 2.05) is 18.7 Å². The van der Waals surface area contributed by atoms with Crippen molar-refractivity contribution in [2.75, 3.05) is 18.5 Å². The Labute approximate surface area is 103 Å². The maximum atomic E-state index is 5.57. The predicted molar refractivity (Wildman–Crippen MR) is 69.4 cm³/mol. The number of hydrogen-bond acceptors (Lipinski definition) is 4. The molecule has 1 aliphatic rings. The third-order valence-corrected chi connectivity index (χ3v) is 3.61. The fourth-order valence-electron chi connectivity index (χ4n) is 2.73. The van der Waals surface area contributed by atoms with Crippen molar-refractivity contribution < 1.29 is 0 Å². The smallest absolute Gasteiger partial charge is 0.142 e. The monoisotopic (exact) mass is 237 g/mol. The molecule has 0 aliphatic carbocycles. The van der Waals surface area contributed by atoms with Crippen LogP contribution in [0, 0.1) is 12.8 Å². The number of anilines is 1. The van der Waals surface area contributed by atoms with Crippen LogP contribution in [0.1, 0.15) is 31.0 Å². The third kappa shape index (κ3) is 2.61. The van der Waals surface area contributed by atoms with Gasteiger partial charge in [0, 0.05) is 25.7 Å². The molecule has 1 aromatic rings. The molecule has 2 heterocycles. The number of nitrogens with one attached hydrogen (secondary N) is 1. The predicted octanol–water partition coefficient (Wildman–Crippen LogP) is 1.25. The zero-order valence-corrected chi connectivity index (χ0v) is 11.0. The molecular formula is C12H23N5. The molecule has 96 valence electrons. The van der Waals surface area contributed by atoms with Gasteiger partial charge in [-0.05, 0) is 32.2 Å². The summed E-state index contributed by atoms with van der Waals surface area (Å²) >= 11 is 0. The largest absolute Gasteiger partial charge is 0.308 e. The fourth-order valence-corrected chi connectivity index (χ4v) is 2.73.